The Balaban J connectivity index is 1.93. The van der Waals surface area contributed by atoms with Gasteiger partial charge in [-0.2, -0.15) is 0 Å². The first-order valence-electron chi connectivity index (χ1n) is 6.69. The summed E-state index contributed by atoms with van der Waals surface area (Å²) in [5.41, 5.74) is 6.36. The van der Waals surface area contributed by atoms with E-state index >= 15 is 0 Å². The van der Waals surface area contributed by atoms with Crippen LogP contribution in [0.4, 0.5) is 10.1 Å². The molecule has 1 aromatic heterocycles. The fraction of sp³-hybridized carbons (Fsp3) is 0.286. The van der Waals surface area contributed by atoms with Crippen molar-refractivity contribution in [2.24, 2.45) is 5.73 Å². The molecule has 112 valence electrons. The molecule has 1 fully saturated rings. The highest BCUT2D eigenvalue weighted by Gasteiger charge is 2.28. The van der Waals surface area contributed by atoms with Crippen LogP contribution in [0.25, 0.3) is 0 Å². The van der Waals surface area contributed by atoms with Crippen LogP contribution in [0.5, 0.6) is 0 Å². The fourth-order valence-electron chi connectivity index (χ4n) is 2.25. The van der Waals surface area contributed by atoms with Crippen molar-refractivity contribution < 1.29 is 12.8 Å². The van der Waals surface area contributed by atoms with E-state index in [4.69, 9.17) is 5.73 Å². The van der Waals surface area contributed by atoms with E-state index in [1.54, 1.807) is 18.3 Å². The number of benzene rings is 1. The summed E-state index contributed by atoms with van der Waals surface area (Å²) in [6.07, 6.45) is 3.63. The van der Waals surface area contributed by atoms with Crippen molar-refractivity contribution in [1.82, 2.24) is 4.57 Å². The lowest BCUT2D eigenvalue weighted by Crippen LogP contribution is -2.13. The maximum absolute atomic E-state index is 13.6. The molecule has 0 amide bonds. The van der Waals surface area contributed by atoms with Crippen LogP contribution in [0, 0.1) is 5.82 Å². The molecule has 0 radical (unpaired) electrons. The lowest BCUT2D eigenvalue weighted by molar-refractivity contribution is 0.598. The predicted molar refractivity (Wildman–Crippen MR) is 77.8 cm³/mol. The van der Waals surface area contributed by atoms with Gasteiger partial charge in [0, 0.05) is 24.5 Å². The molecule has 0 atom stereocenters. The van der Waals surface area contributed by atoms with Crippen molar-refractivity contribution in [3.8, 4) is 0 Å². The molecule has 1 aromatic carbocycles. The molecular weight excluding hydrogens is 293 g/mol. The van der Waals surface area contributed by atoms with Crippen LogP contribution in [0.15, 0.2) is 41.4 Å². The first kappa shape index (κ1) is 14.1. The first-order chi connectivity index (χ1) is 10.0. The summed E-state index contributed by atoms with van der Waals surface area (Å²) in [7, 11) is -3.82. The molecule has 0 bridgehead atoms. The third kappa shape index (κ3) is 2.79. The second kappa shape index (κ2) is 5.16. The Morgan fingerprint density at radius 2 is 2.05 bits per heavy atom. The zero-order valence-corrected chi connectivity index (χ0v) is 12.1. The van der Waals surface area contributed by atoms with Gasteiger partial charge in [-0.15, -0.1) is 0 Å². The van der Waals surface area contributed by atoms with Crippen LogP contribution in [-0.4, -0.2) is 13.0 Å². The van der Waals surface area contributed by atoms with Gasteiger partial charge in [0.15, 0.2) is 0 Å². The van der Waals surface area contributed by atoms with E-state index in [0.717, 1.165) is 18.5 Å². The number of hydrogen-bond donors (Lipinski definition) is 2. The number of para-hydroxylation sites is 1. The molecule has 1 aliphatic rings. The first-order valence-corrected chi connectivity index (χ1v) is 8.18. The van der Waals surface area contributed by atoms with Gasteiger partial charge in [-0.05, 0) is 31.0 Å². The molecule has 1 aliphatic carbocycles. The van der Waals surface area contributed by atoms with Gasteiger partial charge in [0.25, 0.3) is 10.0 Å². The van der Waals surface area contributed by atoms with E-state index in [2.05, 4.69) is 4.72 Å². The molecule has 0 saturated heterocycles. The summed E-state index contributed by atoms with van der Waals surface area (Å²) in [5, 5.41) is 0. The number of hydrogen-bond acceptors (Lipinski definition) is 3. The minimum absolute atomic E-state index is 0.0639. The summed E-state index contributed by atoms with van der Waals surface area (Å²) in [5.74, 6) is -0.609. The number of nitrogens with one attached hydrogen (secondary N) is 1. The average Bonchev–Trinajstić information content (AvgIpc) is 3.19. The predicted octanol–water partition coefficient (Wildman–Crippen LogP) is 2.22. The van der Waals surface area contributed by atoms with Crippen LogP contribution < -0.4 is 10.5 Å². The molecule has 0 spiro atoms. The smallest absolute Gasteiger partial charge is 0.263 e. The van der Waals surface area contributed by atoms with Gasteiger partial charge < -0.3 is 10.3 Å². The maximum Gasteiger partial charge on any atom is 0.263 e. The van der Waals surface area contributed by atoms with Crippen LogP contribution in [0.3, 0.4) is 0 Å². The number of anilines is 1. The summed E-state index contributed by atoms with van der Waals surface area (Å²) >= 11 is 0. The van der Waals surface area contributed by atoms with Gasteiger partial charge in [-0.3, -0.25) is 4.72 Å². The normalized spacial score (nSPS) is 15.1. The van der Waals surface area contributed by atoms with Crippen LogP contribution in [0.2, 0.25) is 0 Å². The molecule has 3 N–H and O–H groups in total. The van der Waals surface area contributed by atoms with Crippen molar-refractivity contribution in [2.75, 3.05) is 4.72 Å². The van der Waals surface area contributed by atoms with Crippen LogP contribution in [0.1, 0.15) is 24.6 Å². The zero-order valence-electron chi connectivity index (χ0n) is 11.3. The number of aromatic nitrogens is 1. The minimum atomic E-state index is -3.82. The molecule has 0 unspecified atom stereocenters. The van der Waals surface area contributed by atoms with Crippen molar-refractivity contribution in [3.05, 3.63) is 48.0 Å². The zero-order chi connectivity index (χ0) is 15.0. The molecular formula is C14H16FN3O2S. The molecule has 2 aromatic rings. The number of nitrogens with zero attached hydrogens (tertiary/aromatic N) is 1. The highest BCUT2D eigenvalue weighted by atomic mass is 32.2. The van der Waals surface area contributed by atoms with Gasteiger partial charge in [-0.25, -0.2) is 12.8 Å². The van der Waals surface area contributed by atoms with Crippen molar-refractivity contribution in [3.63, 3.8) is 0 Å². The molecule has 1 saturated carbocycles. The van der Waals surface area contributed by atoms with Crippen molar-refractivity contribution >= 4 is 15.7 Å². The summed E-state index contributed by atoms with van der Waals surface area (Å²) in [6, 6.07) is 7.54. The fourth-order valence-corrected chi connectivity index (χ4v) is 3.36. The minimum Gasteiger partial charge on any atom is -0.346 e. The number of rotatable bonds is 5. The third-order valence-electron chi connectivity index (χ3n) is 3.48. The molecule has 1 heterocycles. The Bertz CT molecular complexity index is 766. The Morgan fingerprint density at radius 1 is 1.33 bits per heavy atom. The lowest BCUT2D eigenvalue weighted by atomic mass is 10.3. The summed E-state index contributed by atoms with van der Waals surface area (Å²) in [4.78, 5) is 0.109. The monoisotopic (exact) mass is 309 g/mol. The van der Waals surface area contributed by atoms with Gasteiger partial charge in [-0.1, -0.05) is 12.1 Å². The van der Waals surface area contributed by atoms with Gasteiger partial charge in [0.05, 0.1) is 5.69 Å². The molecule has 7 heteroatoms. The Hall–Kier alpha value is -1.86. The number of halogens is 1. The Morgan fingerprint density at radius 3 is 2.67 bits per heavy atom. The van der Waals surface area contributed by atoms with E-state index in [-0.39, 0.29) is 17.1 Å². The maximum atomic E-state index is 13.6. The highest BCUT2D eigenvalue weighted by molar-refractivity contribution is 7.92. The molecule has 3 rings (SSSR count). The van der Waals surface area contributed by atoms with Gasteiger partial charge >= 0.3 is 0 Å². The quantitative estimate of drug-likeness (QED) is 0.889. The largest absolute Gasteiger partial charge is 0.346 e. The second-order valence-electron chi connectivity index (χ2n) is 5.10. The topological polar surface area (TPSA) is 77.1 Å². The number of nitrogens with two attached hydrogens (primary N) is 1. The second-order valence-corrected chi connectivity index (χ2v) is 6.78. The molecule has 21 heavy (non-hydrogen) atoms. The Kier molecular flexibility index (Phi) is 3.46. The SMILES string of the molecule is NCc1cc(S(=O)(=O)Nc2ccccc2F)cn1C1CC1. The highest BCUT2D eigenvalue weighted by Crippen LogP contribution is 2.37. The molecule has 5 nitrogen and oxygen atoms in total. The summed E-state index contributed by atoms with van der Waals surface area (Å²) < 4.78 is 42.4. The van der Waals surface area contributed by atoms with Gasteiger partial charge in [0.2, 0.25) is 0 Å². The van der Waals surface area contributed by atoms with Gasteiger partial charge in [0.1, 0.15) is 10.7 Å². The van der Waals surface area contributed by atoms with Crippen molar-refractivity contribution in [2.45, 2.75) is 30.3 Å². The van der Waals surface area contributed by atoms with Crippen molar-refractivity contribution in [1.29, 1.82) is 0 Å². The van der Waals surface area contributed by atoms with E-state index in [1.165, 1.54) is 18.2 Å². The van der Waals surface area contributed by atoms with Crippen LogP contribution in [-0.2, 0) is 16.6 Å². The van der Waals surface area contributed by atoms with E-state index in [1.807, 2.05) is 4.57 Å². The standard InChI is InChI=1S/C14H16FN3O2S/c15-13-3-1-2-4-14(13)17-21(19,20)12-7-11(8-16)18(9-12)10-5-6-10/h1-4,7,9-10,17H,5-6,8,16H2. The van der Waals surface area contributed by atoms with E-state index < -0.39 is 15.8 Å². The van der Waals surface area contributed by atoms with E-state index in [0.29, 0.717) is 6.04 Å². The average molecular weight is 309 g/mol. The summed E-state index contributed by atoms with van der Waals surface area (Å²) in [6.45, 7) is 0.270. The van der Waals surface area contributed by atoms with E-state index in [9.17, 15) is 12.8 Å². The number of sulfonamides is 1. The molecule has 0 aliphatic heterocycles. The van der Waals surface area contributed by atoms with Crippen LogP contribution >= 0.6 is 0 Å². The Labute approximate surface area is 122 Å². The third-order valence-corrected chi connectivity index (χ3v) is 4.82. The lowest BCUT2D eigenvalue weighted by Gasteiger charge is -2.07.